The fourth-order valence-corrected chi connectivity index (χ4v) is 1.68. The molecule has 0 radical (unpaired) electrons. The zero-order valence-corrected chi connectivity index (χ0v) is 10.0. The van der Waals surface area contributed by atoms with Crippen LogP contribution in [0.3, 0.4) is 0 Å². The molecule has 0 aliphatic carbocycles. The van der Waals surface area contributed by atoms with E-state index in [9.17, 15) is 4.79 Å². The van der Waals surface area contributed by atoms with Crippen molar-refractivity contribution in [1.29, 1.82) is 0 Å². The number of ether oxygens (including phenoxy) is 2. The second-order valence-electron chi connectivity index (χ2n) is 3.75. The summed E-state index contributed by atoms with van der Waals surface area (Å²) in [7, 11) is 0. The summed E-state index contributed by atoms with van der Waals surface area (Å²) in [5, 5.41) is 2.77. The van der Waals surface area contributed by atoms with Crippen molar-refractivity contribution in [3.05, 3.63) is 35.9 Å². The van der Waals surface area contributed by atoms with Gasteiger partial charge >= 0.3 is 0 Å². The van der Waals surface area contributed by atoms with Crippen molar-refractivity contribution in [3.63, 3.8) is 0 Å². The first-order valence-electron chi connectivity index (χ1n) is 5.85. The highest BCUT2D eigenvalue weighted by Crippen LogP contribution is 2.33. The van der Waals surface area contributed by atoms with E-state index in [4.69, 9.17) is 15.2 Å². The summed E-state index contributed by atoms with van der Waals surface area (Å²) in [5.74, 6) is 0.953. The highest BCUT2D eigenvalue weighted by molar-refractivity contribution is 5.97. The molecular formula is C13H16N2O3. The molecule has 1 aliphatic heterocycles. The molecule has 1 aromatic rings. The number of amides is 1. The maximum absolute atomic E-state index is 12.0. The van der Waals surface area contributed by atoms with Crippen LogP contribution in [-0.2, 0) is 0 Å². The molecule has 18 heavy (non-hydrogen) atoms. The van der Waals surface area contributed by atoms with E-state index in [1.54, 1.807) is 24.3 Å². The predicted molar refractivity (Wildman–Crippen MR) is 68.0 cm³/mol. The Balaban J connectivity index is 2.08. The minimum absolute atomic E-state index is 0.181. The number of nitrogens with one attached hydrogen (secondary N) is 1. The third kappa shape index (κ3) is 2.81. The van der Waals surface area contributed by atoms with Crippen LogP contribution >= 0.6 is 0 Å². The number of para-hydroxylation sites is 1. The average molecular weight is 248 g/mol. The second kappa shape index (κ2) is 6.07. The Morgan fingerprint density at radius 3 is 3.00 bits per heavy atom. The van der Waals surface area contributed by atoms with Crippen LogP contribution in [0.15, 0.2) is 30.4 Å². The molecule has 0 unspecified atom stereocenters. The number of hydrogen-bond donors (Lipinski definition) is 2. The van der Waals surface area contributed by atoms with E-state index in [0.717, 1.165) is 0 Å². The molecule has 0 fully saturated rings. The summed E-state index contributed by atoms with van der Waals surface area (Å²) >= 11 is 0. The third-order valence-electron chi connectivity index (χ3n) is 2.49. The maximum atomic E-state index is 12.0. The Kier molecular flexibility index (Phi) is 4.20. The lowest BCUT2D eigenvalue weighted by Gasteiger charge is -2.20. The van der Waals surface area contributed by atoms with E-state index in [2.05, 4.69) is 5.32 Å². The number of fused-ring (bicyclic) bond motifs is 1. The summed E-state index contributed by atoms with van der Waals surface area (Å²) in [4.78, 5) is 12.0. The van der Waals surface area contributed by atoms with Crippen molar-refractivity contribution < 1.29 is 14.3 Å². The van der Waals surface area contributed by atoms with E-state index in [-0.39, 0.29) is 5.91 Å². The highest BCUT2D eigenvalue weighted by Gasteiger charge is 2.19. The zero-order valence-electron chi connectivity index (χ0n) is 10.0. The molecule has 96 valence electrons. The summed E-state index contributed by atoms with van der Waals surface area (Å²) in [6, 6.07) is 5.28. The maximum Gasteiger partial charge on any atom is 0.255 e. The van der Waals surface area contributed by atoms with Gasteiger partial charge in [0.05, 0.1) is 5.56 Å². The number of hydrogen-bond acceptors (Lipinski definition) is 4. The van der Waals surface area contributed by atoms with Crippen LogP contribution in [-0.4, -0.2) is 32.2 Å². The van der Waals surface area contributed by atoms with Crippen molar-refractivity contribution in [2.45, 2.75) is 0 Å². The summed E-state index contributed by atoms with van der Waals surface area (Å²) in [6.07, 6.45) is 3.60. The molecule has 1 aromatic carbocycles. The zero-order chi connectivity index (χ0) is 12.8. The smallest absolute Gasteiger partial charge is 0.255 e. The molecule has 3 N–H and O–H groups in total. The molecule has 0 saturated carbocycles. The van der Waals surface area contributed by atoms with Crippen molar-refractivity contribution in [2.24, 2.45) is 5.73 Å². The van der Waals surface area contributed by atoms with Crippen LogP contribution in [0.2, 0.25) is 0 Å². The Bertz CT molecular complexity index is 458. The SMILES string of the molecule is NC/C=C/CNC(=O)c1cccc2c1OCCO2. The van der Waals surface area contributed by atoms with Crippen LogP contribution in [0.4, 0.5) is 0 Å². The van der Waals surface area contributed by atoms with E-state index in [1.165, 1.54) is 0 Å². The minimum Gasteiger partial charge on any atom is -0.486 e. The summed E-state index contributed by atoms with van der Waals surface area (Å²) in [6.45, 7) is 1.88. The molecule has 1 amide bonds. The van der Waals surface area contributed by atoms with E-state index in [0.29, 0.717) is 43.4 Å². The van der Waals surface area contributed by atoms with Gasteiger partial charge in [0.1, 0.15) is 13.2 Å². The van der Waals surface area contributed by atoms with Crippen LogP contribution in [0.5, 0.6) is 11.5 Å². The molecule has 0 bridgehead atoms. The molecule has 0 aromatic heterocycles. The normalized spacial score (nSPS) is 13.6. The van der Waals surface area contributed by atoms with Crippen molar-refractivity contribution in [2.75, 3.05) is 26.3 Å². The molecule has 5 heteroatoms. The highest BCUT2D eigenvalue weighted by atomic mass is 16.6. The van der Waals surface area contributed by atoms with Crippen LogP contribution in [0.25, 0.3) is 0 Å². The molecule has 5 nitrogen and oxygen atoms in total. The van der Waals surface area contributed by atoms with Gasteiger partial charge in [0.2, 0.25) is 0 Å². The van der Waals surface area contributed by atoms with E-state index >= 15 is 0 Å². The van der Waals surface area contributed by atoms with Crippen LogP contribution in [0.1, 0.15) is 10.4 Å². The number of carbonyl (C=O) groups excluding carboxylic acids is 1. The van der Waals surface area contributed by atoms with E-state index in [1.807, 2.05) is 6.08 Å². The molecular weight excluding hydrogens is 232 g/mol. The van der Waals surface area contributed by atoms with Gasteiger partial charge in [-0.25, -0.2) is 0 Å². The van der Waals surface area contributed by atoms with Crippen molar-refractivity contribution in [3.8, 4) is 11.5 Å². The van der Waals surface area contributed by atoms with Gasteiger partial charge in [0.25, 0.3) is 5.91 Å². The first-order valence-corrected chi connectivity index (χ1v) is 5.85. The van der Waals surface area contributed by atoms with Gasteiger partial charge in [0, 0.05) is 13.1 Å². The Hall–Kier alpha value is -2.01. The van der Waals surface area contributed by atoms with Crippen molar-refractivity contribution >= 4 is 5.91 Å². The molecule has 2 rings (SSSR count). The fourth-order valence-electron chi connectivity index (χ4n) is 1.68. The van der Waals surface area contributed by atoms with E-state index < -0.39 is 0 Å². The van der Waals surface area contributed by atoms with Gasteiger partial charge in [-0.2, -0.15) is 0 Å². The van der Waals surface area contributed by atoms with Crippen LogP contribution < -0.4 is 20.5 Å². The second-order valence-corrected chi connectivity index (χ2v) is 3.75. The lowest BCUT2D eigenvalue weighted by atomic mass is 10.1. The molecule has 0 atom stereocenters. The summed E-state index contributed by atoms with van der Waals surface area (Å²) < 4.78 is 10.9. The molecule has 1 heterocycles. The van der Waals surface area contributed by atoms with Gasteiger partial charge in [-0.3, -0.25) is 4.79 Å². The first-order chi connectivity index (χ1) is 8.83. The number of nitrogens with two attached hydrogens (primary N) is 1. The van der Waals surface area contributed by atoms with Gasteiger partial charge in [0.15, 0.2) is 11.5 Å². The quantitative estimate of drug-likeness (QED) is 0.769. The van der Waals surface area contributed by atoms with Crippen molar-refractivity contribution in [1.82, 2.24) is 5.32 Å². The Morgan fingerprint density at radius 1 is 1.33 bits per heavy atom. The molecule has 0 spiro atoms. The van der Waals surface area contributed by atoms with Gasteiger partial charge in [-0.15, -0.1) is 0 Å². The Morgan fingerprint density at radius 2 is 2.17 bits per heavy atom. The molecule has 0 saturated heterocycles. The largest absolute Gasteiger partial charge is 0.486 e. The van der Waals surface area contributed by atoms with Gasteiger partial charge in [-0.05, 0) is 12.1 Å². The average Bonchev–Trinajstić information content (AvgIpc) is 2.43. The van der Waals surface area contributed by atoms with Gasteiger partial charge < -0.3 is 20.5 Å². The molecule has 1 aliphatic rings. The Labute approximate surface area is 106 Å². The lowest BCUT2D eigenvalue weighted by Crippen LogP contribution is -2.26. The standard InChI is InChI=1S/C13H16N2O3/c14-6-1-2-7-15-13(16)10-4-3-5-11-12(10)18-9-8-17-11/h1-5H,6-9,14H2,(H,15,16)/b2-1+. The topological polar surface area (TPSA) is 73.6 Å². The third-order valence-corrected chi connectivity index (χ3v) is 2.49. The number of carbonyl (C=O) groups is 1. The predicted octanol–water partition coefficient (Wildman–Crippen LogP) is 0.702. The lowest BCUT2D eigenvalue weighted by molar-refractivity contribution is 0.0947. The van der Waals surface area contributed by atoms with Gasteiger partial charge in [-0.1, -0.05) is 18.2 Å². The minimum atomic E-state index is -0.181. The fraction of sp³-hybridized carbons (Fsp3) is 0.308. The number of rotatable bonds is 4. The monoisotopic (exact) mass is 248 g/mol. The summed E-state index contributed by atoms with van der Waals surface area (Å²) in [5.41, 5.74) is 5.81. The number of benzene rings is 1. The first kappa shape index (κ1) is 12.4. The van der Waals surface area contributed by atoms with Crippen LogP contribution in [0, 0.1) is 0 Å².